The molecule has 2 aromatic rings. The number of anilines is 1. The molecule has 106 valence electrons. The van der Waals surface area contributed by atoms with E-state index in [1.807, 2.05) is 6.07 Å². The molecule has 0 atom stereocenters. The standard InChI is InChI=1S/C14H11N3O4/c15-7-9-2-1-3-10(6-9)17-14(20)16-8-11-4-5-12(21-11)13(18)19/h1-6H,8H2,(H,18,19)(H2,16,17,20). The Morgan fingerprint density at radius 3 is 2.76 bits per heavy atom. The van der Waals surface area contributed by atoms with Gasteiger partial charge in [-0.15, -0.1) is 0 Å². The quantitative estimate of drug-likeness (QED) is 0.796. The van der Waals surface area contributed by atoms with Crippen LogP contribution in [-0.2, 0) is 6.54 Å². The average Bonchev–Trinajstić information content (AvgIpc) is 2.94. The maximum Gasteiger partial charge on any atom is 0.371 e. The number of furan rings is 1. The number of nitrogens with zero attached hydrogens (tertiary/aromatic N) is 1. The Bertz CT molecular complexity index is 715. The summed E-state index contributed by atoms with van der Waals surface area (Å²) in [6, 6.07) is 10.7. The van der Waals surface area contributed by atoms with Crippen molar-refractivity contribution in [3.63, 3.8) is 0 Å². The van der Waals surface area contributed by atoms with Crippen molar-refractivity contribution in [1.29, 1.82) is 5.26 Å². The molecule has 0 saturated heterocycles. The Balaban J connectivity index is 1.89. The van der Waals surface area contributed by atoms with Crippen LogP contribution in [0.25, 0.3) is 0 Å². The van der Waals surface area contributed by atoms with Gasteiger partial charge in [-0.3, -0.25) is 0 Å². The second-order valence-electron chi connectivity index (χ2n) is 4.07. The van der Waals surface area contributed by atoms with Gasteiger partial charge in [0.1, 0.15) is 5.76 Å². The van der Waals surface area contributed by atoms with E-state index >= 15 is 0 Å². The lowest BCUT2D eigenvalue weighted by molar-refractivity contribution is 0.0660. The minimum atomic E-state index is -1.17. The fourth-order valence-corrected chi connectivity index (χ4v) is 1.60. The van der Waals surface area contributed by atoms with Gasteiger partial charge in [0.2, 0.25) is 5.76 Å². The van der Waals surface area contributed by atoms with E-state index < -0.39 is 12.0 Å². The fourth-order valence-electron chi connectivity index (χ4n) is 1.60. The van der Waals surface area contributed by atoms with Gasteiger partial charge < -0.3 is 20.2 Å². The first-order chi connectivity index (χ1) is 10.1. The summed E-state index contributed by atoms with van der Waals surface area (Å²) in [7, 11) is 0. The summed E-state index contributed by atoms with van der Waals surface area (Å²) >= 11 is 0. The SMILES string of the molecule is N#Cc1cccc(NC(=O)NCc2ccc(C(=O)O)o2)c1. The molecular weight excluding hydrogens is 274 g/mol. The molecule has 0 aliphatic heterocycles. The van der Waals surface area contributed by atoms with Crippen LogP contribution in [0.15, 0.2) is 40.8 Å². The number of urea groups is 1. The lowest BCUT2D eigenvalue weighted by atomic mass is 10.2. The van der Waals surface area contributed by atoms with Crippen LogP contribution in [0.1, 0.15) is 21.9 Å². The third-order valence-electron chi connectivity index (χ3n) is 2.55. The van der Waals surface area contributed by atoms with Gasteiger partial charge in [0.15, 0.2) is 0 Å². The molecule has 21 heavy (non-hydrogen) atoms. The molecule has 2 rings (SSSR count). The number of carboxylic acids is 1. The number of carbonyl (C=O) groups is 2. The fraction of sp³-hybridized carbons (Fsp3) is 0.0714. The van der Waals surface area contributed by atoms with Crippen LogP contribution in [-0.4, -0.2) is 17.1 Å². The zero-order valence-corrected chi connectivity index (χ0v) is 10.8. The van der Waals surface area contributed by atoms with Crippen LogP contribution < -0.4 is 10.6 Å². The monoisotopic (exact) mass is 285 g/mol. The van der Waals surface area contributed by atoms with E-state index in [9.17, 15) is 9.59 Å². The predicted molar refractivity (Wildman–Crippen MR) is 72.7 cm³/mol. The molecule has 3 N–H and O–H groups in total. The van der Waals surface area contributed by atoms with Crippen LogP contribution >= 0.6 is 0 Å². The lowest BCUT2D eigenvalue weighted by Crippen LogP contribution is -2.28. The summed E-state index contributed by atoms with van der Waals surface area (Å²) < 4.78 is 5.00. The first kappa shape index (κ1) is 14.1. The lowest BCUT2D eigenvalue weighted by Gasteiger charge is -2.06. The second kappa shape index (κ2) is 6.25. The number of rotatable bonds is 4. The van der Waals surface area contributed by atoms with Crippen LogP contribution in [0, 0.1) is 11.3 Å². The summed E-state index contributed by atoms with van der Waals surface area (Å²) in [4.78, 5) is 22.3. The Hall–Kier alpha value is -3.27. The van der Waals surface area contributed by atoms with Crippen molar-refractivity contribution in [2.24, 2.45) is 0 Å². The molecule has 0 unspecified atom stereocenters. The molecule has 0 fully saturated rings. The molecule has 0 spiro atoms. The molecule has 0 aliphatic carbocycles. The van der Waals surface area contributed by atoms with E-state index in [-0.39, 0.29) is 12.3 Å². The van der Waals surface area contributed by atoms with Crippen molar-refractivity contribution in [3.05, 3.63) is 53.5 Å². The smallest absolute Gasteiger partial charge is 0.371 e. The number of carboxylic acid groups (broad SMARTS) is 1. The normalized spacial score (nSPS) is 9.67. The van der Waals surface area contributed by atoms with Crippen molar-refractivity contribution in [2.75, 3.05) is 5.32 Å². The van der Waals surface area contributed by atoms with Gasteiger partial charge in [0, 0.05) is 5.69 Å². The molecular formula is C14H11N3O4. The largest absolute Gasteiger partial charge is 0.475 e. The number of aromatic carboxylic acids is 1. The van der Waals surface area contributed by atoms with Crippen molar-refractivity contribution < 1.29 is 19.1 Å². The molecule has 0 aliphatic rings. The zero-order chi connectivity index (χ0) is 15.2. The Kier molecular flexibility index (Phi) is 4.21. The van der Waals surface area contributed by atoms with E-state index in [4.69, 9.17) is 14.8 Å². The Labute approximate surface area is 119 Å². The van der Waals surface area contributed by atoms with Gasteiger partial charge in [-0.05, 0) is 30.3 Å². The topological polar surface area (TPSA) is 115 Å². The van der Waals surface area contributed by atoms with Crippen LogP contribution in [0.4, 0.5) is 10.5 Å². The molecule has 0 saturated carbocycles. The second-order valence-corrected chi connectivity index (χ2v) is 4.07. The van der Waals surface area contributed by atoms with Gasteiger partial charge in [-0.1, -0.05) is 6.07 Å². The molecule has 1 aromatic heterocycles. The third kappa shape index (κ3) is 3.84. The number of nitriles is 1. The van der Waals surface area contributed by atoms with Gasteiger partial charge >= 0.3 is 12.0 Å². The Morgan fingerprint density at radius 2 is 2.10 bits per heavy atom. The highest BCUT2D eigenvalue weighted by molar-refractivity contribution is 5.89. The average molecular weight is 285 g/mol. The van der Waals surface area contributed by atoms with Crippen molar-refractivity contribution in [1.82, 2.24) is 5.32 Å². The van der Waals surface area contributed by atoms with E-state index in [0.717, 1.165) is 0 Å². The highest BCUT2D eigenvalue weighted by Crippen LogP contribution is 2.10. The molecule has 7 nitrogen and oxygen atoms in total. The molecule has 7 heteroatoms. The molecule has 0 radical (unpaired) electrons. The summed E-state index contributed by atoms with van der Waals surface area (Å²) in [6.45, 7) is 0.0526. The number of carbonyl (C=O) groups excluding carboxylic acids is 1. The van der Waals surface area contributed by atoms with Crippen LogP contribution in [0.5, 0.6) is 0 Å². The summed E-state index contributed by atoms with van der Waals surface area (Å²) in [5.74, 6) is -1.03. The number of amides is 2. The van der Waals surface area contributed by atoms with Gasteiger partial charge in [-0.25, -0.2) is 9.59 Å². The molecule has 1 aromatic carbocycles. The minimum absolute atomic E-state index is 0.0526. The highest BCUT2D eigenvalue weighted by atomic mass is 16.4. The first-order valence-corrected chi connectivity index (χ1v) is 5.95. The maximum atomic E-state index is 11.7. The summed E-state index contributed by atoms with van der Waals surface area (Å²) in [6.07, 6.45) is 0. The maximum absolute atomic E-state index is 11.7. The molecule has 0 bridgehead atoms. The third-order valence-corrected chi connectivity index (χ3v) is 2.55. The van der Waals surface area contributed by atoms with Gasteiger partial charge in [0.25, 0.3) is 0 Å². The van der Waals surface area contributed by atoms with Gasteiger partial charge in [0.05, 0.1) is 18.2 Å². The predicted octanol–water partition coefficient (Wildman–Crippen LogP) is 2.17. The zero-order valence-electron chi connectivity index (χ0n) is 10.8. The molecule has 1 heterocycles. The number of nitrogens with one attached hydrogen (secondary N) is 2. The van der Waals surface area contributed by atoms with E-state index in [2.05, 4.69) is 10.6 Å². The number of benzene rings is 1. The molecule has 2 amide bonds. The van der Waals surface area contributed by atoms with Crippen LogP contribution in [0.2, 0.25) is 0 Å². The van der Waals surface area contributed by atoms with E-state index in [0.29, 0.717) is 17.0 Å². The minimum Gasteiger partial charge on any atom is -0.475 e. The number of hydrogen-bond donors (Lipinski definition) is 3. The van der Waals surface area contributed by atoms with E-state index in [1.54, 1.807) is 18.2 Å². The first-order valence-electron chi connectivity index (χ1n) is 5.95. The summed E-state index contributed by atoms with van der Waals surface area (Å²) in [5.41, 5.74) is 0.919. The van der Waals surface area contributed by atoms with Gasteiger partial charge in [-0.2, -0.15) is 5.26 Å². The summed E-state index contributed by atoms with van der Waals surface area (Å²) in [5, 5.41) is 22.5. The van der Waals surface area contributed by atoms with Crippen molar-refractivity contribution in [3.8, 4) is 6.07 Å². The number of hydrogen-bond acceptors (Lipinski definition) is 4. The van der Waals surface area contributed by atoms with Crippen molar-refractivity contribution >= 4 is 17.7 Å². The Morgan fingerprint density at radius 1 is 1.29 bits per heavy atom. The highest BCUT2D eigenvalue weighted by Gasteiger charge is 2.09. The van der Waals surface area contributed by atoms with Crippen molar-refractivity contribution in [2.45, 2.75) is 6.54 Å². The van der Waals surface area contributed by atoms with E-state index in [1.165, 1.54) is 18.2 Å². The van der Waals surface area contributed by atoms with Crippen LogP contribution in [0.3, 0.4) is 0 Å².